The van der Waals surface area contributed by atoms with Crippen LogP contribution >= 0.6 is 0 Å². The zero-order valence-corrected chi connectivity index (χ0v) is 19.4. The summed E-state index contributed by atoms with van der Waals surface area (Å²) in [6.45, 7) is 14.5. The number of hydrogen-bond donors (Lipinski definition) is 0. The molecule has 166 valence electrons. The lowest BCUT2D eigenvalue weighted by atomic mass is 9.71. The fourth-order valence-corrected chi connectivity index (χ4v) is 3.95. The van der Waals surface area contributed by atoms with Crippen molar-refractivity contribution in [3.8, 4) is 0 Å². The minimum atomic E-state index is -0.507. The summed E-state index contributed by atoms with van der Waals surface area (Å²) in [6.07, 6.45) is 1.31. The summed E-state index contributed by atoms with van der Waals surface area (Å²) < 4.78 is 31.5. The van der Waals surface area contributed by atoms with E-state index >= 15 is 0 Å². The Bertz CT molecular complexity index is 766. The van der Waals surface area contributed by atoms with E-state index in [4.69, 9.17) is 14.0 Å². The average molecular weight is 419 g/mol. The molecule has 0 saturated carbocycles. The van der Waals surface area contributed by atoms with E-state index in [0.29, 0.717) is 18.7 Å². The average Bonchev–Trinajstić information content (AvgIpc) is 2.87. The van der Waals surface area contributed by atoms with Gasteiger partial charge in [0, 0.05) is 13.1 Å². The largest absolute Gasteiger partial charge is 0.495 e. The SMILES string of the molecule is CC(C)(C)OC(=O)N1CCC(c2cc(CF)ccc2B2OC(C)(C)C(C)(C)O2)CC1. The summed E-state index contributed by atoms with van der Waals surface area (Å²) in [7, 11) is -0.484. The number of benzene rings is 1. The molecular weight excluding hydrogens is 384 g/mol. The first-order valence-electron chi connectivity index (χ1n) is 10.9. The van der Waals surface area contributed by atoms with Crippen LogP contribution in [0.1, 0.15) is 78.4 Å². The van der Waals surface area contributed by atoms with Crippen LogP contribution in [-0.4, -0.2) is 48.0 Å². The minimum absolute atomic E-state index is 0.212. The van der Waals surface area contributed by atoms with Crippen LogP contribution in [0.4, 0.5) is 9.18 Å². The molecule has 3 rings (SSSR count). The molecule has 0 aromatic heterocycles. The first-order valence-corrected chi connectivity index (χ1v) is 10.9. The Morgan fingerprint density at radius 3 is 2.23 bits per heavy atom. The number of halogens is 1. The number of rotatable bonds is 3. The molecule has 2 aliphatic heterocycles. The highest BCUT2D eigenvalue weighted by atomic mass is 19.1. The maximum atomic E-state index is 13.4. The number of hydrogen-bond acceptors (Lipinski definition) is 4. The van der Waals surface area contributed by atoms with Gasteiger partial charge in [0.2, 0.25) is 0 Å². The van der Waals surface area contributed by atoms with Crippen molar-refractivity contribution in [2.75, 3.05) is 13.1 Å². The Labute approximate surface area is 180 Å². The van der Waals surface area contributed by atoms with Crippen LogP contribution in [0.2, 0.25) is 0 Å². The first kappa shape index (κ1) is 23.1. The Morgan fingerprint density at radius 1 is 1.17 bits per heavy atom. The maximum Gasteiger partial charge on any atom is 0.495 e. The molecule has 0 bridgehead atoms. The second-order valence-corrected chi connectivity index (χ2v) is 10.4. The summed E-state index contributed by atoms with van der Waals surface area (Å²) in [4.78, 5) is 14.1. The second-order valence-electron chi connectivity index (χ2n) is 10.4. The summed E-state index contributed by atoms with van der Waals surface area (Å²) in [5.41, 5.74) is 1.29. The molecule has 5 nitrogen and oxygen atoms in total. The standard InChI is InChI=1S/C23H35BFNO4/c1-21(2,3)28-20(27)26-12-10-17(11-13-26)18-14-16(15-25)8-9-19(18)24-29-22(4,5)23(6,7)30-24/h8-9,14,17H,10-13,15H2,1-7H3. The number of ether oxygens (including phenoxy) is 1. The lowest BCUT2D eigenvalue weighted by Crippen LogP contribution is -2.43. The molecular formula is C23H35BFNO4. The lowest BCUT2D eigenvalue weighted by molar-refractivity contribution is 0.00578. The van der Waals surface area contributed by atoms with E-state index in [1.54, 1.807) is 11.0 Å². The highest BCUT2D eigenvalue weighted by Gasteiger charge is 2.52. The van der Waals surface area contributed by atoms with E-state index in [-0.39, 0.29) is 12.0 Å². The Morgan fingerprint density at radius 2 is 1.73 bits per heavy atom. The van der Waals surface area contributed by atoms with Crippen molar-refractivity contribution >= 4 is 18.7 Å². The molecule has 0 aliphatic carbocycles. The molecule has 0 atom stereocenters. The van der Waals surface area contributed by atoms with Crippen LogP contribution < -0.4 is 5.46 Å². The van der Waals surface area contributed by atoms with E-state index in [9.17, 15) is 9.18 Å². The quantitative estimate of drug-likeness (QED) is 0.674. The smallest absolute Gasteiger partial charge is 0.444 e. The fourth-order valence-electron chi connectivity index (χ4n) is 3.95. The molecule has 0 radical (unpaired) electrons. The van der Waals surface area contributed by atoms with Gasteiger partial charge in [-0.15, -0.1) is 0 Å². The Hall–Kier alpha value is -1.60. The van der Waals surface area contributed by atoms with Crippen molar-refractivity contribution in [2.45, 2.75) is 90.7 Å². The molecule has 0 N–H and O–H groups in total. The molecule has 1 aromatic rings. The number of carbonyl (C=O) groups is 1. The van der Waals surface area contributed by atoms with Crippen LogP contribution in [0.15, 0.2) is 18.2 Å². The van der Waals surface area contributed by atoms with Gasteiger partial charge in [-0.05, 0) is 83.8 Å². The van der Waals surface area contributed by atoms with Gasteiger partial charge in [0.1, 0.15) is 12.3 Å². The van der Waals surface area contributed by atoms with Gasteiger partial charge in [-0.3, -0.25) is 0 Å². The molecule has 2 heterocycles. The normalized spacial score (nSPS) is 21.7. The van der Waals surface area contributed by atoms with E-state index < -0.39 is 30.6 Å². The monoisotopic (exact) mass is 419 g/mol. The van der Waals surface area contributed by atoms with Crippen molar-refractivity contribution in [1.82, 2.24) is 4.90 Å². The molecule has 2 saturated heterocycles. The van der Waals surface area contributed by atoms with Crippen molar-refractivity contribution < 1.29 is 23.2 Å². The van der Waals surface area contributed by atoms with Gasteiger partial charge in [-0.1, -0.05) is 18.2 Å². The summed E-state index contributed by atoms with van der Waals surface area (Å²) >= 11 is 0. The van der Waals surface area contributed by atoms with Crippen LogP contribution in [0, 0.1) is 0 Å². The summed E-state index contributed by atoms with van der Waals surface area (Å²) in [5, 5.41) is 0. The third-order valence-electron chi connectivity index (χ3n) is 6.40. The summed E-state index contributed by atoms with van der Waals surface area (Å²) in [6, 6.07) is 5.68. The van der Waals surface area contributed by atoms with Crippen LogP contribution in [-0.2, 0) is 20.7 Å². The van der Waals surface area contributed by atoms with Crippen LogP contribution in [0.25, 0.3) is 0 Å². The molecule has 30 heavy (non-hydrogen) atoms. The number of alkyl halides is 1. The molecule has 1 amide bonds. The highest BCUT2D eigenvalue weighted by Crippen LogP contribution is 2.38. The third kappa shape index (κ3) is 4.83. The zero-order chi connectivity index (χ0) is 22.3. The number of carbonyl (C=O) groups excluding carboxylic acids is 1. The fraction of sp³-hybridized carbons (Fsp3) is 0.696. The minimum Gasteiger partial charge on any atom is -0.444 e. The van der Waals surface area contributed by atoms with Crippen molar-refractivity contribution in [2.24, 2.45) is 0 Å². The van der Waals surface area contributed by atoms with E-state index in [1.165, 1.54) is 0 Å². The maximum absolute atomic E-state index is 13.4. The molecule has 0 spiro atoms. The molecule has 1 aromatic carbocycles. The molecule has 0 unspecified atom stereocenters. The predicted octanol–water partition coefficient (Wildman–Crippen LogP) is 4.57. The Balaban J connectivity index is 1.79. The van der Waals surface area contributed by atoms with Gasteiger partial charge in [-0.25, -0.2) is 9.18 Å². The van der Waals surface area contributed by atoms with Crippen molar-refractivity contribution in [3.05, 3.63) is 29.3 Å². The van der Waals surface area contributed by atoms with Gasteiger partial charge in [0.05, 0.1) is 11.2 Å². The van der Waals surface area contributed by atoms with Crippen LogP contribution in [0.3, 0.4) is 0 Å². The third-order valence-corrected chi connectivity index (χ3v) is 6.40. The number of likely N-dealkylation sites (tertiary alicyclic amines) is 1. The zero-order valence-electron chi connectivity index (χ0n) is 19.4. The highest BCUT2D eigenvalue weighted by molar-refractivity contribution is 6.62. The number of nitrogens with zero attached hydrogens (tertiary/aromatic N) is 1. The molecule has 7 heteroatoms. The second kappa shape index (κ2) is 8.15. The van der Waals surface area contributed by atoms with Gasteiger partial charge < -0.3 is 18.9 Å². The van der Waals surface area contributed by atoms with E-state index in [0.717, 1.165) is 23.9 Å². The number of amides is 1. The topological polar surface area (TPSA) is 48.0 Å². The van der Waals surface area contributed by atoms with Gasteiger partial charge in [0.15, 0.2) is 0 Å². The van der Waals surface area contributed by atoms with Gasteiger partial charge >= 0.3 is 13.2 Å². The Kier molecular flexibility index (Phi) is 6.27. The van der Waals surface area contributed by atoms with Crippen molar-refractivity contribution in [1.29, 1.82) is 0 Å². The molecule has 2 fully saturated rings. The van der Waals surface area contributed by atoms with Gasteiger partial charge in [-0.2, -0.15) is 0 Å². The van der Waals surface area contributed by atoms with Crippen molar-refractivity contribution in [3.63, 3.8) is 0 Å². The number of piperidine rings is 1. The van der Waals surface area contributed by atoms with E-state index in [1.807, 2.05) is 60.6 Å². The predicted molar refractivity (Wildman–Crippen MR) is 117 cm³/mol. The lowest BCUT2D eigenvalue weighted by Gasteiger charge is -2.34. The van der Waals surface area contributed by atoms with E-state index in [2.05, 4.69) is 0 Å². The van der Waals surface area contributed by atoms with Crippen LogP contribution in [0.5, 0.6) is 0 Å². The first-order chi connectivity index (χ1) is 13.8. The molecule has 2 aliphatic rings. The summed E-state index contributed by atoms with van der Waals surface area (Å²) in [5.74, 6) is 0.212. The van der Waals surface area contributed by atoms with Gasteiger partial charge in [0.25, 0.3) is 0 Å².